The van der Waals surface area contributed by atoms with Crippen LogP contribution < -0.4 is 20.1 Å². The second kappa shape index (κ2) is 13.7. The molecule has 0 saturated heterocycles. The lowest BCUT2D eigenvalue weighted by atomic mass is 10.1. The van der Waals surface area contributed by atoms with Gasteiger partial charge >= 0.3 is 5.97 Å². The van der Waals surface area contributed by atoms with E-state index in [0.717, 1.165) is 47.4 Å². The molecule has 4 rings (SSSR count). The van der Waals surface area contributed by atoms with Gasteiger partial charge in [0, 0.05) is 15.5 Å². The number of aryl methyl sites for hydroxylation is 1. The molecule has 1 aromatic heterocycles. The summed E-state index contributed by atoms with van der Waals surface area (Å²) in [4.78, 5) is 41.1. The summed E-state index contributed by atoms with van der Waals surface area (Å²) in [5, 5.41) is 6.00. The molecule has 8 nitrogen and oxygen atoms in total. The Morgan fingerprint density at radius 1 is 0.950 bits per heavy atom. The molecule has 212 valence electrons. The largest absolute Gasteiger partial charge is 0.496 e. The Balaban J connectivity index is 1.47. The van der Waals surface area contributed by atoms with E-state index in [9.17, 15) is 14.4 Å². The number of carbonyl (C=O) groups is 3. The van der Waals surface area contributed by atoms with Gasteiger partial charge in [-0.1, -0.05) is 18.6 Å². The molecule has 0 bridgehead atoms. The van der Waals surface area contributed by atoms with Gasteiger partial charge in [-0.15, -0.1) is 23.1 Å². The van der Waals surface area contributed by atoms with Crippen molar-refractivity contribution in [2.75, 3.05) is 31.5 Å². The van der Waals surface area contributed by atoms with Crippen LogP contribution in [0.15, 0.2) is 47.4 Å². The number of hydrogen-bond acceptors (Lipinski definition) is 8. The molecule has 0 fully saturated rings. The predicted molar refractivity (Wildman–Crippen MR) is 159 cm³/mol. The third-order valence-corrected chi connectivity index (χ3v) is 8.87. The maximum atomic E-state index is 13.2. The zero-order valence-electron chi connectivity index (χ0n) is 23.1. The molecule has 1 aliphatic rings. The molecule has 2 amide bonds. The van der Waals surface area contributed by atoms with E-state index in [1.807, 2.05) is 25.1 Å². The van der Waals surface area contributed by atoms with E-state index in [1.54, 1.807) is 31.2 Å². The fourth-order valence-corrected chi connectivity index (χ4v) is 6.84. The monoisotopic (exact) mass is 582 g/mol. The molecule has 0 radical (unpaired) electrons. The van der Waals surface area contributed by atoms with Crippen LogP contribution in [0.2, 0.25) is 0 Å². The highest BCUT2D eigenvalue weighted by atomic mass is 32.2. The number of nitrogens with one attached hydrogen (secondary N) is 2. The zero-order valence-corrected chi connectivity index (χ0v) is 24.8. The molecule has 2 N–H and O–H groups in total. The van der Waals surface area contributed by atoms with Gasteiger partial charge in [0.2, 0.25) is 5.91 Å². The van der Waals surface area contributed by atoms with Crippen LogP contribution in [-0.4, -0.2) is 43.9 Å². The molecule has 2 aromatic carbocycles. The van der Waals surface area contributed by atoms with Crippen molar-refractivity contribution in [2.24, 2.45) is 0 Å². The van der Waals surface area contributed by atoms with E-state index in [4.69, 9.17) is 14.2 Å². The molecular weight excluding hydrogens is 548 g/mol. The Morgan fingerprint density at radius 3 is 2.35 bits per heavy atom. The van der Waals surface area contributed by atoms with Gasteiger partial charge in [-0.3, -0.25) is 9.59 Å². The summed E-state index contributed by atoms with van der Waals surface area (Å²) >= 11 is 2.85. The van der Waals surface area contributed by atoms with Crippen LogP contribution in [0, 0.1) is 0 Å². The Labute approximate surface area is 242 Å². The van der Waals surface area contributed by atoms with Gasteiger partial charge in [0.15, 0.2) is 0 Å². The van der Waals surface area contributed by atoms with Gasteiger partial charge < -0.3 is 24.8 Å². The van der Waals surface area contributed by atoms with Crippen molar-refractivity contribution >= 4 is 51.6 Å². The summed E-state index contributed by atoms with van der Waals surface area (Å²) < 4.78 is 16.0. The Kier molecular flexibility index (Phi) is 10.1. The minimum atomic E-state index is -0.461. The molecule has 40 heavy (non-hydrogen) atoms. The van der Waals surface area contributed by atoms with E-state index in [0.29, 0.717) is 33.3 Å². The molecule has 0 aliphatic heterocycles. The number of carbonyl (C=O) groups excluding carboxylic acids is 3. The van der Waals surface area contributed by atoms with Crippen molar-refractivity contribution in [3.63, 3.8) is 0 Å². The molecule has 3 aromatic rings. The van der Waals surface area contributed by atoms with Gasteiger partial charge in [0.05, 0.1) is 31.6 Å². The Bertz CT molecular complexity index is 1360. The molecule has 10 heteroatoms. The second-order valence-corrected chi connectivity index (χ2v) is 11.8. The van der Waals surface area contributed by atoms with Crippen molar-refractivity contribution in [2.45, 2.75) is 56.1 Å². The normalized spacial score (nSPS) is 13.4. The maximum absolute atomic E-state index is 13.2. The number of hydrogen-bond donors (Lipinski definition) is 2. The summed E-state index contributed by atoms with van der Waals surface area (Å²) in [6.07, 6.45) is 4.95. The lowest BCUT2D eigenvalue weighted by molar-refractivity contribution is -0.115. The number of amides is 2. The minimum Gasteiger partial charge on any atom is -0.496 e. The summed E-state index contributed by atoms with van der Waals surface area (Å²) in [7, 11) is 3.00. The number of rotatable bonds is 10. The van der Waals surface area contributed by atoms with Crippen LogP contribution in [0.1, 0.15) is 64.3 Å². The lowest BCUT2D eigenvalue weighted by Crippen LogP contribution is -2.23. The van der Waals surface area contributed by atoms with E-state index in [1.165, 1.54) is 37.3 Å². The summed E-state index contributed by atoms with van der Waals surface area (Å²) in [5.74, 6) is -0.152. The van der Waals surface area contributed by atoms with Crippen LogP contribution in [0.5, 0.6) is 11.5 Å². The first-order valence-electron chi connectivity index (χ1n) is 13.3. The number of anilines is 2. The standard InChI is InChI=1S/C30H34N2O6S2/c1-5-38-30(35)25-21-13-7-6-8-16-24(21)40-29(25)32-27(33)18(2)39-20-12-9-11-19(17-20)31-28(34)26-22(36-3)14-10-15-23(26)37-4/h9-12,14-15,17-18H,5-8,13,16H2,1-4H3,(H,31,34)(H,32,33). The molecule has 1 aliphatic carbocycles. The third kappa shape index (κ3) is 6.79. The van der Waals surface area contributed by atoms with Crippen molar-refractivity contribution in [3.8, 4) is 11.5 Å². The number of thiophene rings is 1. The molecular formula is C30H34N2O6S2. The molecule has 1 atom stereocenters. The summed E-state index contributed by atoms with van der Waals surface area (Å²) in [6, 6.07) is 12.4. The highest BCUT2D eigenvalue weighted by Gasteiger charge is 2.28. The van der Waals surface area contributed by atoms with Crippen LogP contribution in [0.25, 0.3) is 0 Å². The number of esters is 1. The molecule has 1 heterocycles. The highest BCUT2D eigenvalue weighted by molar-refractivity contribution is 8.00. The van der Waals surface area contributed by atoms with Gasteiger partial charge in [0.1, 0.15) is 22.1 Å². The average molecular weight is 583 g/mol. The van der Waals surface area contributed by atoms with Gasteiger partial charge in [-0.25, -0.2) is 4.79 Å². The van der Waals surface area contributed by atoms with Crippen LogP contribution in [0.3, 0.4) is 0 Å². The van der Waals surface area contributed by atoms with Crippen LogP contribution >= 0.6 is 23.1 Å². The first-order chi connectivity index (χ1) is 19.4. The SMILES string of the molecule is CCOC(=O)c1c(NC(=O)C(C)Sc2cccc(NC(=O)c3c(OC)cccc3OC)c2)sc2c1CCCCC2. The lowest BCUT2D eigenvalue weighted by Gasteiger charge is -2.15. The predicted octanol–water partition coefficient (Wildman–Crippen LogP) is 6.58. The summed E-state index contributed by atoms with van der Waals surface area (Å²) in [5.41, 5.74) is 2.39. The summed E-state index contributed by atoms with van der Waals surface area (Å²) in [6.45, 7) is 3.87. The third-order valence-electron chi connectivity index (χ3n) is 6.57. The Morgan fingerprint density at radius 2 is 1.65 bits per heavy atom. The second-order valence-electron chi connectivity index (χ2n) is 9.26. The fraction of sp³-hybridized carbons (Fsp3) is 0.367. The number of fused-ring (bicyclic) bond motifs is 1. The Hall–Kier alpha value is -3.50. The number of methoxy groups -OCH3 is 2. The molecule has 0 spiro atoms. The topological polar surface area (TPSA) is 103 Å². The number of benzene rings is 2. The van der Waals surface area contributed by atoms with Crippen LogP contribution in [-0.2, 0) is 22.4 Å². The zero-order chi connectivity index (χ0) is 28.6. The van der Waals surface area contributed by atoms with Gasteiger partial charge in [-0.05, 0) is 75.4 Å². The average Bonchev–Trinajstić information content (AvgIpc) is 3.12. The quantitative estimate of drug-likeness (QED) is 0.158. The fourth-order valence-electron chi connectivity index (χ4n) is 4.64. The van der Waals surface area contributed by atoms with Gasteiger partial charge in [-0.2, -0.15) is 0 Å². The minimum absolute atomic E-state index is 0.208. The van der Waals surface area contributed by atoms with E-state index in [2.05, 4.69) is 10.6 Å². The van der Waals surface area contributed by atoms with E-state index in [-0.39, 0.29) is 24.4 Å². The van der Waals surface area contributed by atoms with Crippen molar-refractivity contribution in [1.82, 2.24) is 0 Å². The van der Waals surface area contributed by atoms with E-state index >= 15 is 0 Å². The highest BCUT2D eigenvalue weighted by Crippen LogP contribution is 2.39. The van der Waals surface area contributed by atoms with Crippen molar-refractivity contribution < 1.29 is 28.6 Å². The molecule has 0 saturated carbocycles. The first kappa shape index (κ1) is 29.5. The number of thioether (sulfide) groups is 1. The van der Waals surface area contributed by atoms with E-state index < -0.39 is 5.25 Å². The van der Waals surface area contributed by atoms with Crippen molar-refractivity contribution in [3.05, 3.63) is 64.0 Å². The first-order valence-corrected chi connectivity index (χ1v) is 15.0. The number of ether oxygens (including phenoxy) is 3. The van der Waals surface area contributed by atoms with Crippen molar-refractivity contribution in [1.29, 1.82) is 0 Å². The van der Waals surface area contributed by atoms with Gasteiger partial charge in [0.25, 0.3) is 5.91 Å². The molecule has 1 unspecified atom stereocenters. The van der Waals surface area contributed by atoms with Crippen LogP contribution in [0.4, 0.5) is 10.7 Å². The smallest absolute Gasteiger partial charge is 0.341 e. The maximum Gasteiger partial charge on any atom is 0.341 e.